The summed E-state index contributed by atoms with van der Waals surface area (Å²) in [5.74, 6) is 0. The van der Waals surface area contributed by atoms with E-state index in [-0.39, 0.29) is 0 Å². The third-order valence-corrected chi connectivity index (χ3v) is 141. The van der Waals surface area contributed by atoms with E-state index in [1.54, 1.807) is 26.2 Å². The normalized spacial score (nSPS) is 11.1. The lowest BCUT2D eigenvalue weighted by molar-refractivity contribution is 0.532. The van der Waals surface area contributed by atoms with Crippen LogP contribution < -0.4 is 0 Å². The monoisotopic (exact) mass is 898 g/mol. The lowest BCUT2D eigenvalue weighted by Crippen LogP contribution is -2.58. The number of rotatable bonds is 20. The summed E-state index contributed by atoms with van der Waals surface area (Å²) in [6.45, 7) is 9.84. The van der Waals surface area contributed by atoms with Crippen molar-refractivity contribution in [2.24, 2.45) is 0 Å². The van der Waals surface area contributed by atoms with Crippen LogP contribution >= 0.6 is 0 Å². The van der Waals surface area contributed by atoms with E-state index >= 15 is 0 Å². The summed E-state index contributed by atoms with van der Waals surface area (Å²) in [6, 6.07) is 0. The van der Waals surface area contributed by atoms with Gasteiger partial charge in [0.1, 0.15) is 0 Å². The summed E-state index contributed by atoms with van der Waals surface area (Å²) < 4.78 is 198. The van der Waals surface area contributed by atoms with Gasteiger partial charge >= 0.3 is 116 Å². The molecule has 0 amide bonds. The molecule has 36 heteroatoms. The van der Waals surface area contributed by atoms with Crippen LogP contribution in [-0.2, 0) is 75.2 Å². The summed E-state index contributed by atoms with van der Waals surface area (Å²) in [5, 5.41) is 0. The molecule has 0 unspecified atom stereocenters. The Kier molecular flexibility index (Phi) is 19.5. The highest BCUT2D eigenvalue weighted by Gasteiger charge is 2.55. The Morgan fingerprint density at radius 2 is 0.690 bits per heavy atom. The fourth-order valence-corrected chi connectivity index (χ4v) is 202. The van der Waals surface area contributed by atoms with Crippen molar-refractivity contribution in [2.45, 2.75) is 39.3 Å². The molecule has 0 N–H and O–H groups in total. The molecule has 0 fully saturated rings. The molecule has 0 aromatic rings. The predicted octanol–water partition coefficient (Wildman–Crippen LogP) is -6.72. The minimum absolute atomic E-state index is 1.45. The Balaban J connectivity index is 5.61. The molecular formula is C6H22O17Si19. The first kappa shape index (κ1) is 43.0. The molecular weight excluding hydrogens is 878 g/mol. The van der Waals surface area contributed by atoms with E-state index < -0.39 is 151 Å². The third kappa shape index (κ3) is 12.3. The second-order valence-corrected chi connectivity index (χ2v) is 98.3. The Hall–Kier alpha value is 1.04. The zero-order valence-electron chi connectivity index (χ0n) is 22.8. The predicted molar refractivity (Wildman–Crippen MR) is 163 cm³/mol. The van der Waals surface area contributed by atoms with Crippen LogP contribution in [-0.4, -0.2) is 151 Å². The van der Waals surface area contributed by atoms with Gasteiger partial charge in [-0.2, -0.15) is 0 Å². The molecule has 0 saturated carbocycles. The molecule has 0 aromatic carbocycles. The highest BCUT2D eigenvalue weighted by Crippen LogP contribution is 2.07. The lowest BCUT2D eigenvalue weighted by atomic mass is 11.9. The Bertz CT molecular complexity index is 1400. The fraction of sp³-hybridized carbons (Fsp3) is 1.00. The SMILES string of the molecule is C[SiH](C)O[SiH2][Si](=O)[Si](=O)[Si](=O)[Si](=O)[Si](=O)[Si](=O)[Si](=O)[Si](=O)[Si](=O)[Si](=O)[Si](=O)[Si](=O)[Si](=O)[Si](=O)[Si](=O)[Si](C)(C)O[SiH](C)C. The minimum Gasteiger partial charge on any atom is -0.460 e. The van der Waals surface area contributed by atoms with E-state index in [1.165, 1.54) is 13.1 Å². The molecule has 0 bridgehead atoms. The maximum atomic E-state index is 12.7. The first-order valence-electron chi connectivity index (χ1n) is 11.4. The average molecular weight is 900 g/mol. The van der Waals surface area contributed by atoms with Gasteiger partial charge in [-0.15, -0.1) is 0 Å². The van der Waals surface area contributed by atoms with Crippen molar-refractivity contribution < 1.29 is 75.2 Å². The summed E-state index contributed by atoms with van der Waals surface area (Å²) in [5.41, 5.74) is 0. The van der Waals surface area contributed by atoms with Crippen molar-refractivity contribution in [3.63, 3.8) is 0 Å². The van der Waals surface area contributed by atoms with Crippen LogP contribution in [0.15, 0.2) is 0 Å². The van der Waals surface area contributed by atoms with E-state index in [0.29, 0.717) is 0 Å². The molecule has 0 rings (SSSR count). The van der Waals surface area contributed by atoms with E-state index in [4.69, 9.17) is 8.23 Å². The van der Waals surface area contributed by atoms with Gasteiger partial charge < -0.3 is 75.2 Å². The van der Waals surface area contributed by atoms with Crippen molar-refractivity contribution in [3.05, 3.63) is 0 Å². The summed E-state index contributed by atoms with van der Waals surface area (Å²) in [7, 11) is -66.5. The Morgan fingerprint density at radius 3 is 0.952 bits per heavy atom. The van der Waals surface area contributed by atoms with Crippen molar-refractivity contribution in [1.29, 1.82) is 0 Å². The van der Waals surface area contributed by atoms with Crippen molar-refractivity contribution in [2.75, 3.05) is 0 Å². The molecule has 17 nitrogen and oxygen atoms in total. The molecule has 0 aliphatic heterocycles. The number of hydrogen-bond acceptors (Lipinski definition) is 17. The molecule has 0 saturated heterocycles. The largest absolute Gasteiger partial charge is 0.460 e. The molecule has 42 heavy (non-hydrogen) atoms. The molecule has 0 radical (unpaired) electrons. The smallest absolute Gasteiger partial charge is 0.381 e. The second kappa shape index (κ2) is 19.0. The van der Waals surface area contributed by atoms with Crippen LogP contribution in [0.1, 0.15) is 0 Å². The highest BCUT2D eigenvalue weighted by atomic mass is 30.1. The minimum atomic E-state index is -4.21. The van der Waals surface area contributed by atoms with Crippen LogP contribution in [0.4, 0.5) is 0 Å². The van der Waals surface area contributed by atoms with Gasteiger partial charge in [-0.3, -0.25) is 0 Å². The first-order valence-corrected chi connectivity index (χ1v) is 58.9. The average Bonchev–Trinajstić information content (AvgIpc) is 2.93. The van der Waals surface area contributed by atoms with E-state index in [2.05, 4.69) is 0 Å². The van der Waals surface area contributed by atoms with Crippen LogP contribution in [0.5, 0.6) is 0 Å². The second-order valence-electron chi connectivity index (χ2n) is 9.07. The van der Waals surface area contributed by atoms with Crippen LogP contribution in [0.3, 0.4) is 0 Å². The quantitative estimate of drug-likeness (QED) is 0.103. The maximum Gasteiger partial charge on any atom is 0.381 e. The van der Waals surface area contributed by atoms with E-state index in [0.717, 1.165) is 0 Å². The molecule has 0 aliphatic rings. The van der Waals surface area contributed by atoms with Gasteiger partial charge in [0, 0.05) is 0 Å². The molecule has 224 valence electrons. The van der Waals surface area contributed by atoms with Gasteiger partial charge in [0.2, 0.25) is 17.1 Å². The maximum absolute atomic E-state index is 12.7. The molecule has 0 atom stereocenters. The van der Waals surface area contributed by atoms with Gasteiger partial charge in [0.15, 0.2) is 18.1 Å². The van der Waals surface area contributed by atoms with Crippen LogP contribution in [0.25, 0.3) is 0 Å². The summed E-state index contributed by atoms with van der Waals surface area (Å²) in [6.07, 6.45) is 0. The Morgan fingerprint density at radius 1 is 0.429 bits per heavy atom. The molecule has 0 aromatic heterocycles. The van der Waals surface area contributed by atoms with E-state index in [9.17, 15) is 66.9 Å². The standard InChI is InChI=1S/C6H22O17Si19/c1-25(2)22-24-27(7)28(8)29(9)30(10)31(11)32(12)33(13)34(14)35(15)36(16)37(17)38(18)39(19)40(20)41(21)42(5,6)23-26(3)4/h25-26H,24H2,1-6H3. The van der Waals surface area contributed by atoms with Gasteiger partial charge in [0.05, 0.1) is 0 Å². The summed E-state index contributed by atoms with van der Waals surface area (Å²) >= 11 is 0. The summed E-state index contributed by atoms with van der Waals surface area (Å²) in [4.78, 5) is 0. The highest BCUT2D eigenvalue weighted by molar-refractivity contribution is 7.81. The molecule has 0 spiro atoms. The van der Waals surface area contributed by atoms with Gasteiger partial charge in [-0.1, -0.05) is 0 Å². The Labute approximate surface area is 263 Å². The first-order chi connectivity index (χ1) is 19.0. The van der Waals surface area contributed by atoms with Gasteiger partial charge in [-0.25, -0.2) is 0 Å². The topological polar surface area (TPSA) is 275 Å². The molecule has 0 aliphatic carbocycles. The lowest BCUT2D eigenvalue weighted by Gasteiger charge is -2.21. The van der Waals surface area contributed by atoms with Crippen LogP contribution in [0, 0.1) is 0 Å². The van der Waals surface area contributed by atoms with Gasteiger partial charge in [0.25, 0.3) is 0 Å². The zero-order chi connectivity index (χ0) is 33.4. The van der Waals surface area contributed by atoms with Crippen molar-refractivity contribution in [1.82, 2.24) is 0 Å². The number of hydrogen-bond donors (Lipinski definition) is 0. The van der Waals surface area contributed by atoms with Crippen LogP contribution in [0.2, 0.25) is 39.3 Å². The van der Waals surface area contributed by atoms with Crippen molar-refractivity contribution >= 4 is 151 Å². The molecule has 0 heterocycles. The third-order valence-electron chi connectivity index (χ3n) is 4.56. The van der Waals surface area contributed by atoms with Crippen molar-refractivity contribution in [3.8, 4) is 0 Å². The van der Waals surface area contributed by atoms with Gasteiger partial charge in [-0.05, 0) is 39.3 Å². The van der Waals surface area contributed by atoms with E-state index in [1.807, 2.05) is 0 Å². The fourth-order valence-electron chi connectivity index (χ4n) is 2.59. The zero-order valence-corrected chi connectivity index (χ0v) is 42.5.